The topological polar surface area (TPSA) is 96.0 Å². The van der Waals surface area contributed by atoms with Gasteiger partial charge in [-0.05, 0) is 73.7 Å². The molecule has 0 unspecified atom stereocenters. The molecule has 2 amide bonds. The number of rotatable bonds is 12. The molecule has 0 heterocycles. The first-order valence-corrected chi connectivity index (χ1v) is 16.5. The molecule has 0 spiro atoms. The Morgan fingerprint density at radius 1 is 1.00 bits per heavy atom. The minimum Gasteiger partial charge on any atom is -0.497 e. The van der Waals surface area contributed by atoms with Gasteiger partial charge in [-0.2, -0.15) is 0 Å². The Kier molecular flexibility index (Phi) is 11.1. The summed E-state index contributed by atoms with van der Waals surface area (Å²) in [6, 6.07) is 19.4. The van der Waals surface area contributed by atoms with Crippen molar-refractivity contribution in [3.8, 4) is 5.75 Å². The monoisotopic (exact) mass is 625 g/mol. The van der Waals surface area contributed by atoms with Gasteiger partial charge in [0.25, 0.3) is 10.0 Å². The Morgan fingerprint density at radius 3 is 2.37 bits per heavy atom. The summed E-state index contributed by atoms with van der Waals surface area (Å²) in [5.41, 5.74) is 1.79. The van der Waals surface area contributed by atoms with Crippen LogP contribution in [-0.2, 0) is 26.2 Å². The predicted molar refractivity (Wildman–Crippen MR) is 170 cm³/mol. The van der Waals surface area contributed by atoms with Crippen molar-refractivity contribution in [2.45, 2.75) is 75.9 Å². The molecule has 1 aliphatic carbocycles. The van der Waals surface area contributed by atoms with Gasteiger partial charge < -0.3 is 15.0 Å². The molecular formula is C33H40ClN3O5S. The molecule has 0 saturated heterocycles. The Balaban J connectivity index is 1.72. The van der Waals surface area contributed by atoms with Crippen LogP contribution in [0.5, 0.6) is 5.75 Å². The highest BCUT2D eigenvalue weighted by Gasteiger charge is 2.34. The van der Waals surface area contributed by atoms with Crippen molar-refractivity contribution < 1.29 is 22.7 Å². The van der Waals surface area contributed by atoms with E-state index in [0.29, 0.717) is 17.2 Å². The largest absolute Gasteiger partial charge is 0.497 e. The van der Waals surface area contributed by atoms with E-state index in [9.17, 15) is 18.0 Å². The fourth-order valence-electron chi connectivity index (χ4n) is 5.42. The molecule has 0 aliphatic heterocycles. The van der Waals surface area contributed by atoms with Crippen molar-refractivity contribution in [3.63, 3.8) is 0 Å². The van der Waals surface area contributed by atoms with Gasteiger partial charge >= 0.3 is 0 Å². The lowest BCUT2D eigenvalue weighted by Crippen LogP contribution is -2.54. The van der Waals surface area contributed by atoms with Crippen LogP contribution >= 0.6 is 11.6 Å². The summed E-state index contributed by atoms with van der Waals surface area (Å²) in [6.45, 7) is 3.25. The lowest BCUT2D eigenvalue weighted by atomic mass is 9.95. The van der Waals surface area contributed by atoms with Gasteiger partial charge in [-0.15, -0.1) is 0 Å². The second kappa shape index (κ2) is 14.8. The molecule has 43 heavy (non-hydrogen) atoms. The van der Waals surface area contributed by atoms with Gasteiger partial charge in [-0.25, -0.2) is 8.42 Å². The lowest BCUT2D eigenvalue weighted by molar-refractivity contribution is -0.140. The Bertz CT molecular complexity index is 1510. The smallest absolute Gasteiger partial charge is 0.264 e. The molecule has 0 radical (unpaired) electrons. The number of carbonyl (C=O) groups is 2. The molecule has 230 valence electrons. The van der Waals surface area contributed by atoms with E-state index in [1.54, 1.807) is 49.6 Å². The quantitative estimate of drug-likeness (QED) is 0.262. The standard InChI is InChI=1S/C33H40ClN3O5S/c1-4-31(33(39)35-26-13-7-5-8-14-26)36(22-25-12-11-15-28(20-25)42-3)32(38)23-37(27-19-18-24(2)30(34)21-27)43(40,41)29-16-9-6-10-17-29/h6,9-12,15-21,26,31H,4-5,7-8,13-14,22-23H2,1-3H3,(H,35,39)/t31-/m0/s1. The molecule has 0 aromatic heterocycles. The molecule has 0 bridgehead atoms. The minimum atomic E-state index is -4.16. The third kappa shape index (κ3) is 8.09. The fraction of sp³-hybridized carbons (Fsp3) is 0.394. The number of benzene rings is 3. The number of hydrogen-bond donors (Lipinski definition) is 1. The van der Waals surface area contributed by atoms with Gasteiger partial charge in [0, 0.05) is 17.6 Å². The second-order valence-corrected chi connectivity index (χ2v) is 13.2. The molecule has 10 heteroatoms. The molecule has 1 atom stereocenters. The third-order valence-corrected chi connectivity index (χ3v) is 10.1. The van der Waals surface area contributed by atoms with Crippen LogP contribution in [0.15, 0.2) is 77.7 Å². The Labute approximate surface area is 260 Å². The highest BCUT2D eigenvalue weighted by molar-refractivity contribution is 7.92. The van der Waals surface area contributed by atoms with Gasteiger partial charge in [0.05, 0.1) is 17.7 Å². The van der Waals surface area contributed by atoms with E-state index in [1.807, 2.05) is 32.0 Å². The first-order valence-electron chi connectivity index (χ1n) is 14.7. The second-order valence-electron chi connectivity index (χ2n) is 10.9. The van der Waals surface area contributed by atoms with Crippen LogP contribution in [0.25, 0.3) is 0 Å². The first kappa shape index (κ1) is 32.4. The average Bonchev–Trinajstić information content (AvgIpc) is 3.02. The molecule has 1 N–H and O–H groups in total. The molecule has 1 fully saturated rings. The molecular weight excluding hydrogens is 586 g/mol. The predicted octanol–water partition coefficient (Wildman–Crippen LogP) is 6.11. The van der Waals surface area contributed by atoms with E-state index >= 15 is 0 Å². The van der Waals surface area contributed by atoms with E-state index in [4.69, 9.17) is 16.3 Å². The van der Waals surface area contributed by atoms with E-state index in [1.165, 1.54) is 17.0 Å². The van der Waals surface area contributed by atoms with Crippen LogP contribution in [0, 0.1) is 6.92 Å². The molecule has 1 aliphatic rings. The number of nitrogens with zero attached hydrogens (tertiary/aromatic N) is 2. The first-order chi connectivity index (χ1) is 20.6. The SMILES string of the molecule is CC[C@@H](C(=O)NC1CCCCC1)N(Cc1cccc(OC)c1)C(=O)CN(c1ccc(C)c(Cl)c1)S(=O)(=O)c1ccccc1. The van der Waals surface area contributed by atoms with Crippen LogP contribution in [0.1, 0.15) is 56.6 Å². The lowest BCUT2D eigenvalue weighted by Gasteiger charge is -2.34. The van der Waals surface area contributed by atoms with Gasteiger partial charge in [-0.1, -0.05) is 74.2 Å². The number of aryl methyl sites for hydroxylation is 1. The van der Waals surface area contributed by atoms with Gasteiger partial charge in [-0.3, -0.25) is 13.9 Å². The van der Waals surface area contributed by atoms with E-state index in [2.05, 4.69) is 5.32 Å². The van der Waals surface area contributed by atoms with Crippen LogP contribution in [-0.4, -0.2) is 50.9 Å². The summed E-state index contributed by atoms with van der Waals surface area (Å²) < 4.78 is 34.4. The summed E-state index contributed by atoms with van der Waals surface area (Å²) in [7, 11) is -2.60. The number of anilines is 1. The van der Waals surface area contributed by atoms with Crippen LogP contribution in [0.3, 0.4) is 0 Å². The highest BCUT2D eigenvalue weighted by atomic mass is 35.5. The van der Waals surface area contributed by atoms with Gasteiger partial charge in [0.1, 0.15) is 18.3 Å². The van der Waals surface area contributed by atoms with Crippen molar-refractivity contribution in [2.24, 2.45) is 0 Å². The van der Waals surface area contributed by atoms with E-state index in [0.717, 1.165) is 47.5 Å². The maximum absolute atomic E-state index is 14.3. The van der Waals surface area contributed by atoms with Crippen molar-refractivity contribution >= 4 is 39.1 Å². The van der Waals surface area contributed by atoms with Crippen molar-refractivity contribution in [3.05, 3.63) is 88.9 Å². The van der Waals surface area contributed by atoms with Crippen molar-refractivity contribution in [2.75, 3.05) is 18.0 Å². The van der Waals surface area contributed by atoms with E-state index < -0.39 is 28.5 Å². The number of ether oxygens (including phenoxy) is 1. The number of amides is 2. The maximum Gasteiger partial charge on any atom is 0.264 e. The van der Waals surface area contributed by atoms with Crippen LogP contribution < -0.4 is 14.4 Å². The van der Waals surface area contributed by atoms with Gasteiger partial charge in [0.2, 0.25) is 11.8 Å². The number of methoxy groups -OCH3 is 1. The zero-order chi connectivity index (χ0) is 31.0. The number of nitrogens with one attached hydrogen (secondary N) is 1. The molecule has 3 aromatic rings. The Hall–Kier alpha value is -3.56. The van der Waals surface area contributed by atoms with Gasteiger partial charge in [0.15, 0.2) is 0 Å². The summed E-state index contributed by atoms with van der Waals surface area (Å²) in [5, 5.41) is 3.54. The number of sulfonamides is 1. The third-order valence-electron chi connectivity index (χ3n) is 7.88. The van der Waals surface area contributed by atoms with Crippen LogP contribution in [0.4, 0.5) is 5.69 Å². The normalized spacial score (nSPS) is 14.5. The maximum atomic E-state index is 14.3. The molecule has 3 aromatic carbocycles. The fourth-order valence-corrected chi connectivity index (χ4v) is 7.02. The zero-order valence-corrected chi connectivity index (χ0v) is 26.5. The average molecular weight is 626 g/mol. The summed E-state index contributed by atoms with van der Waals surface area (Å²) in [4.78, 5) is 29.5. The molecule has 1 saturated carbocycles. The Morgan fingerprint density at radius 2 is 1.72 bits per heavy atom. The summed E-state index contributed by atoms with van der Waals surface area (Å²) in [5.74, 6) is -0.127. The number of halogens is 1. The number of carbonyl (C=O) groups excluding carboxylic acids is 2. The molecule has 4 rings (SSSR count). The highest BCUT2D eigenvalue weighted by Crippen LogP contribution is 2.29. The van der Waals surface area contributed by atoms with Crippen molar-refractivity contribution in [1.29, 1.82) is 0 Å². The molecule has 8 nitrogen and oxygen atoms in total. The number of hydrogen-bond acceptors (Lipinski definition) is 5. The van der Waals surface area contributed by atoms with E-state index in [-0.39, 0.29) is 29.1 Å². The zero-order valence-electron chi connectivity index (χ0n) is 25.0. The summed E-state index contributed by atoms with van der Waals surface area (Å²) >= 11 is 6.41. The van der Waals surface area contributed by atoms with Crippen molar-refractivity contribution in [1.82, 2.24) is 10.2 Å². The summed E-state index contributed by atoms with van der Waals surface area (Å²) in [6.07, 6.45) is 5.43. The van der Waals surface area contributed by atoms with Crippen LogP contribution in [0.2, 0.25) is 5.02 Å². The minimum absolute atomic E-state index is 0.0425.